The van der Waals surface area contributed by atoms with Crippen molar-refractivity contribution >= 4 is 22.8 Å². The summed E-state index contributed by atoms with van der Waals surface area (Å²) in [7, 11) is 0. The first-order valence-corrected chi connectivity index (χ1v) is 7.52. The van der Waals surface area contributed by atoms with Gasteiger partial charge >= 0.3 is 5.97 Å². The lowest BCUT2D eigenvalue weighted by Gasteiger charge is -2.05. The number of carboxylic acids is 1. The van der Waals surface area contributed by atoms with Crippen LogP contribution in [0.3, 0.4) is 0 Å². The molecule has 0 saturated carbocycles. The van der Waals surface area contributed by atoms with Gasteiger partial charge in [0.1, 0.15) is 5.82 Å². The minimum absolute atomic E-state index is 0.0442. The molecule has 1 amide bonds. The molecule has 0 aliphatic rings. The standard InChI is InChI=1S/C16H19N3O4/c20-14(17-10-4-9-15(21)22)8-3-7-13-18-12-6-2-1-5-11(12)16(23)19-13/h1-2,5-6H,3-4,7-10H2,(H,17,20)(H,21,22)(H,18,19,23). The van der Waals surface area contributed by atoms with Crippen molar-refractivity contribution in [2.24, 2.45) is 0 Å². The molecule has 2 aromatic rings. The molecular weight excluding hydrogens is 298 g/mol. The Morgan fingerprint density at radius 2 is 1.96 bits per heavy atom. The fourth-order valence-corrected chi connectivity index (χ4v) is 2.23. The van der Waals surface area contributed by atoms with Crippen LogP contribution >= 0.6 is 0 Å². The highest BCUT2D eigenvalue weighted by Crippen LogP contribution is 2.07. The van der Waals surface area contributed by atoms with Crippen LogP contribution in [0.4, 0.5) is 0 Å². The number of aromatic nitrogens is 2. The van der Waals surface area contributed by atoms with Crippen LogP contribution in [-0.4, -0.2) is 33.5 Å². The first-order valence-electron chi connectivity index (χ1n) is 7.52. The highest BCUT2D eigenvalue weighted by Gasteiger charge is 2.05. The van der Waals surface area contributed by atoms with Crippen molar-refractivity contribution in [2.45, 2.75) is 32.1 Å². The van der Waals surface area contributed by atoms with Gasteiger partial charge in [0.15, 0.2) is 0 Å². The second kappa shape index (κ2) is 8.07. The van der Waals surface area contributed by atoms with Crippen molar-refractivity contribution in [3.05, 3.63) is 40.4 Å². The zero-order valence-corrected chi connectivity index (χ0v) is 12.7. The molecule has 0 saturated heterocycles. The number of carbonyl (C=O) groups is 2. The van der Waals surface area contributed by atoms with Crippen LogP contribution in [-0.2, 0) is 16.0 Å². The molecule has 0 aliphatic heterocycles. The van der Waals surface area contributed by atoms with E-state index in [0.717, 1.165) is 0 Å². The fraction of sp³-hybridized carbons (Fsp3) is 0.375. The summed E-state index contributed by atoms with van der Waals surface area (Å²) in [4.78, 5) is 41.0. The zero-order chi connectivity index (χ0) is 16.7. The maximum atomic E-state index is 11.9. The van der Waals surface area contributed by atoms with Crippen molar-refractivity contribution in [1.29, 1.82) is 0 Å². The van der Waals surface area contributed by atoms with Gasteiger partial charge in [-0.2, -0.15) is 0 Å². The molecule has 0 aliphatic carbocycles. The number of aromatic amines is 1. The van der Waals surface area contributed by atoms with E-state index in [-0.39, 0.29) is 17.9 Å². The lowest BCUT2D eigenvalue weighted by atomic mass is 10.2. The van der Waals surface area contributed by atoms with E-state index in [0.29, 0.717) is 49.0 Å². The normalized spacial score (nSPS) is 10.6. The lowest BCUT2D eigenvalue weighted by molar-refractivity contribution is -0.137. The maximum absolute atomic E-state index is 11.9. The molecule has 0 radical (unpaired) electrons. The molecular formula is C16H19N3O4. The number of H-pyrrole nitrogens is 1. The van der Waals surface area contributed by atoms with Gasteiger partial charge in [-0.1, -0.05) is 12.1 Å². The quantitative estimate of drug-likeness (QED) is 0.634. The largest absolute Gasteiger partial charge is 0.481 e. The Labute approximate surface area is 132 Å². The van der Waals surface area contributed by atoms with Crippen LogP contribution in [0.15, 0.2) is 29.1 Å². The second-order valence-corrected chi connectivity index (χ2v) is 5.23. The van der Waals surface area contributed by atoms with E-state index in [4.69, 9.17) is 5.11 Å². The van der Waals surface area contributed by atoms with Gasteiger partial charge < -0.3 is 15.4 Å². The van der Waals surface area contributed by atoms with Gasteiger partial charge in [-0.25, -0.2) is 4.98 Å². The molecule has 0 bridgehead atoms. The molecule has 0 spiro atoms. The second-order valence-electron chi connectivity index (χ2n) is 5.23. The molecule has 7 nitrogen and oxygen atoms in total. The number of carbonyl (C=O) groups excluding carboxylic acids is 1. The molecule has 1 aromatic carbocycles. The van der Waals surface area contributed by atoms with E-state index in [2.05, 4.69) is 15.3 Å². The Bertz CT molecular complexity index is 754. The average Bonchev–Trinajstić information content (AvgIpc) is 2.51. The third kappa shape index (κ3) is 5.21. The number of fused-ring (bicyclic) bond motifs is 1. The molecule has 0 fully saturated rings. The summed E-state index contributed by atoms with van der Waals surface area (Å²) in [5, 5.41) is 11.7. The van der Waals surface area contributed by atoms with E-state index in [1.165, 1.54) is 0 Å². The van der Waals surface area contributed by atoms with Crippen LogP contribution in [0.25, 0.3) is 10.9 Å². The summed E-state index contributed by atoms with van der Waals surface area (Å²) in [5.74, 6) is -0.434. The first kappa shape index (κ1) is 16.7. The molecule has 1 aromatic heterocycles. The fourth-order valence-electron chi connectivity index (χ4n) is 2.23. The smallest absolute Gasteiger partial charge is 0.303 e. The van der Waals surface area contributed by atoms with Crippen LogP contribution < -0.4 is 10.9 Å². The van der Waals surface area contributed by atoms with Gasteiger partial charge in [0.05, 0.1) is 10.9 Å². The Kier molecular flexibility index (Phi) is 5.85. The number of rotatable bonds is 8. The van der Waals surface area contributed by atoms with Gasteiger partial charge in [0.2, 0.25) is 5.91 Å². The lowest BCUT2D eigenvalue weighted by Crippen LogP contribution is -2.24. The highest BCUT2D eigenvalue weighted by atomic mass is 16.4. The summed E-state index contributed by atoms with van der Waals surface area (Å²) >= 11 is 0. The van der Waals surface area contributed by atoms with Crippen molar-refractivity contribution in [2.75, 3.05) is 6.54 Å². The van der Waals surface area contributed by atoms with Crippen molar-refractivity contribution < 1.29 is 14.7 Å². The predicted octanol–water partition coefficient (Wildman–Crippen LogP) is 1.23. The Hall–Kier alpha value is -2.70. The molecule has 0 unspecified atom stereocenters. The van der Waals surface area contributed by atoms with Crippen LogP contribution in [0.1, 0.15) is 31.5 Å². The molecule has 23 heavy (non-hydrogen) atoms. The predicted molar refractivity (Wildman–Crippen MR) is 85.2 cm³/mol. The number of para-hydroxylation sites is 1. The maximum Gasteiger partial charge on any atom is 0.303 e. The number of amides is 1. The summed E-state index contributed by atoms with van der Waals surface area (Å²) in [5.41, 5.74) is 0.466. The highest BCUT2D eigenvalue weighted by molar-refractivity contribution is 5.77. The molecule has 2 rings (SSSR count). The molecule has 7 heteroatoms. The Morgan fingerprint density at radius 3 is 2.74 bits per heavy atom. The van der Waals surface area contributed by atoms with E-state index in [9.17, 15) is 14.4 Å². The van der Waals surface area contributed by atoms with E-state index in [1.807, 2.05) is 6.07 Å². The number of carboxylic acid groups (broad SMARTS) is 1. The van der Waals surface area contributed by atoms with E-state index >= 15 is 0 Å². The van der Waals surface area contributed by atoms with E-state index in [1.54, 1.807) is 18.2 Å². The van der Waals surface area contributed by atoms with Crippen LogP contribution in [0.2, 0.25) is 0 Å². The summed E-state index contributed by atoms with van der Waals surface area (Å²) < 4.78 is 0. The monoisotopic (exact) mass is 317 g/mol. The van der Waals surface area contributed by atoms with Crippen molar-refractivity contribution in [3.8, 4) is 0 Å². The third-order valence-corrected chi connectivity index (χ3v) is 3.37. The number of aryl methyl sites for hydroxylation is 1. The number of hydrogen-bond acceptors (Lipinski definition) is 4. The molecule has 0 atom stereocenters. The average molecular weight is 317 g/mol. The molecule has 122 valence electrons. The summed E-state index contributed by atoms with van der Waals surface area (Å²) in [6.07, 6.45) is 1.83. The topological polar surface area (TPSA) is 112 Å². The van der Waals surface area contributed by atoms with Crippen molar-refractivity contribution in [1.82, 2.24) is 15.3 Å². The van der Waals surface area contributed by atoms with E-state index < -0.39 is 5.97 Å². The SMILES string of the molecule is O=C(O)CCCNC(=O)CCCc1nc2ccccc2c(=O)[nH]1. The Morgan fingerprint density at radius 1 is 1.17 bits per heavy atom. The minimum atomic E-state index is -0.870. The van der Waals surface area contributed by atoms with Gasteiger partial charge in [-0.3, -0.25) is 14.4 Å². The van der Waals surface area contributed by atoms with Gasteiger partial charge in [-0.15, -0.1) is 0 Å². The van der Waals surface area contributed by atoms with Gasteiger partial charge in [0.25, 0.3) is 5.56 Å². The Balaban J connectivity index is 1.79. The number of benzene rings is 1. The summed E-state index contributed by atoms with van der Waals surface area (Å²) in [6, 6.07) is 7.11. The number of aliphatic carboxylic acids is 1. The van der Waals surface area contributed by atoms with Gasteiger partial charge in [0, 0.05) is 25.8 Å². The molecule has 3 N–H and O–H groups in total. The van der Waals surface area contributed by atoms with Crippen LogP contribution in [0.5, 0.6) is 0 Å². The minimum Gasteiger partial charge on any atom is -0.481 e. The molecule has 1 heterocycles. The van der Waals surface area contributed by atoms with Crippen LogP contribution in [0, 0.1) is 0 Å². The zero-order valence-electron chi connectivity index (χ0n) is 12.7. The number of nitrogens with one attached hydrogen (secondary N) is 2. The van der Waals surface area contributed by atoms with Crippen molar-refractivity contribution in [3.63, 3.8) is 0 Å². The first-order chi connectivity index (χ1) is 11.1. The summed E-state index contributed by atoms with van der Waals surface area (Å²) in [6.45, 7) is 0.357. The number of hydrogen-bond donors (Lipinski definition) is 3. The van der Waals surface area contributed by atoms with Gasteiger partial charge in [-0.05, 0) is 25.0 Å². The number of nitrogens with zero attached hydrogens (tertiary/aromatic N) is 1. The third-order valence-electron chi connectivity index (χ3n) is 3.37.